The number of nitro benzene ring substituents is 1. The quantitative estimate of drug-likeness (QED) is 0.652. The highest BCUT2D eigenvalue weighted by Gasteiger charge is 2.20. The Morgan fingerprint density at radius 3 is 2.81 bits per heavy atom. The summed E-state index contributed by atoms with van der Waals surface area (Å²) in [6.45, 7) is 2.11. The summed E-state index contributed by atoms with van der Waals surface area (Å²) in [5.41, 5.74) is 1.32. The molecule has 0 fully saturated rings. The molecular weight excluding hydrogens is 292 g/mol. The second-order valence-electron chi connectivity index (χ2n) is 4.30. The molecular formula is C13H14N4O3S. The number of rotatable bonds is 5. The molecule has 1 amide bonds. The minimum Gasteiger partial charge on any atom is -0.388 e. The number of amides is 1. The van der Waals surface area contributed by atoms with Crippen molar-refractivity contribution in [1.29, 1.82) is 0 Å². The molecule has 0 saturated carbocycles. The van der Waals surface area contributed by atoms with Crippen molar-refractivity contribution in [3.63, 3.8) is 0 Å². The number of benzene rings is 1. The van der Waals surface area contributed by atoms with Crippen LogP contribution in [0.4, 0.5) is 11.4 Å². The van der Waals surface area contributed by atoms with Crippen LogP contribution in [0.3, 0.4) is 0 Å². The number of nitrogens with one attached hydrogen (secondary N) is 2. The van der Waals surface area contributed by atoms with Gasteiger partial charge in [-0.05, 0) is 19.1 Å². The smallest absolute Gasteiger partial charge is 0.282 e. The number of aromatic nitrogens is 1. The van der Waals surface area contributed by atoms with Crippen LogP contribution in [0.1, 0.15) is 21.1 Å². The van der Waals surface area contributed by atoms with Crippen LogP contribution < -0.4 is 10.6 Å². The van der Waals surface area contributed by atoms with Gasteiger partial charge in [-0.3, -0.25) is 14.9 Å². The van der Waals surface area contributed by atoms with Crippen LogP contribution in [0.2, 0.25) is 0 Å². The van der Waals surface area contributed by atoms with E-state index in [1.807, 2.05) is 12.3 Å². The fourth-order valence-electron chi connectivity index (χ4n) is 1.77. The Bertz CT molecular complexity index is 684. The van der Waals surface area contributed by atoms with Crippen molar-refractivity contribution >= 4 is 28.6 Å². The third-order valence-corrected chi connectivity index (χ3v) is 3.76. The number of nitro groups is 1. The van der Waals surface area contributed by atoms with Crippen LogP contribution in [0, 0.1) is 17.0 Å². The molecule has 0 spiro atoms. The van der Waals surface area contributed by atoms with E-state index >= 15 is 0 Å². The van der Waals surface area contributed by atoms with E-state index in [0.29, 0.717) is 5.69 Å². The lowest BCUT2D eigenvalue weighted by Crippen LogP contribution is -2.23. The highest BCUT2D eigenvalue weighted by Crippen LogP contribution is 2.22. The van der Waals surface area contributed by atoms with E-state index in [-0.39, 0.29) is 17.8 Å². The molecule has 7 nitrogen and oxygen atoms in total. The van der Waals surface area contributed by atoms with Gasteiger partial charge in [0, 0.05) is 29.9 Å². The maximum Gasteiger partial charge on any atom is 0.282 e. The highest BCUT2D eigenvalue weighted by molar-refractivity contribution is 7.09. The van der Waals surface area contributed by atoms with Crippen LogP contribution >= 0.6 is 11.3 Å². The molecule has 8 heteroatoms. The Hall–Kier alpha value is -2.48. The van der Waals surface area contributed by atoms with Gasteiger partial charge in [0.25, 0.3) is 11.6 Å². The number of carbonyl (C=O) groups is 1. The largest absolute Gasteiger partial charge is 0.388 e. The molecule has 2 aromatic rings. The third kappa shape index (κ3) is 3.54. The lowest BCUT2D eigenvalue weighted by atomic mass is 10.1. The Morgan fingerprint density at radius 2 is 2.24 bits per heavy atom. The predicted molar refractivity (Wildman–Crippen MR) is 80.7 cm³/mol. The van der Waals surface area contributed by atoms with E-state index in [9.17, 15) is 14.9 Å². The maximum absolute atomic E-state index is 12.2. The first-order chi connectivity index (χ1) is 10.0. The normalized spacial score (nSPS) is 10.2. The van der Waals surface area contributed by atoms with Crippen LogP contribution in [0.5, 0.6) is 0 Å². The molecule has 0 radical (unpaired) electrons. The van der Waals surface area contributed by atoms with E-state index in [2.05, 4.69) is 15.6 Å². The zero-order chi connectivity index (χ0) is 15.4. The Labute approximate surface area is 125 Å². The van der Waals surface area contributed by atoms with Crippen molar-refractivity contribution in [2.24, 2.45) is 0 Å². The molecule has 0 aliphatic heterocycles. The van der Waals surface area contributed by atoms with Crippen molar-refractivity contribution in [3.8, 4) is 0 Å². The zero-order valence-electron chi connectivity index (χ0n) is 11.5. The molecule has 2 N–H and O–H groups in total. The fourth-order valence-corrected chi connectivity index (χ4v) is 2.48. The summed E-state index contributed by atoms with van der Waals surface area (Å²) in [6, 6.07) is 4.33. The molecule has 0 unspecified atom stereocenters. The minimum absolute atomic E-state index is 0.0279. The van der Waals surface area contributed by atoms with E-state index in [4.69, 9.17) is 0 Å². The average molecular weight is 306 g/mol. The van der Waals surface area contributed by atoms with Gasteiger partial charge in [0.1, 0.15) is 10.6 Å². The first kappa shape index (κ1) is 14.9. The number of aryl methyl sites for hydroxylation is 1. The summed E-state index contributed by atoms with van der Waals surface area (Å²) in [7, 11) is 1.68. The van der Waals surface area contributed by atoms with E-state index in [1.54, 1.807) is 13.1 Å². The SMILES string of the molecule is CNc1ccc([N+](=O)[O-])c(C(=O)NCc2nc(C)cs2)c1. The zero-order valence-corrected chi connectivity index (χ0v) is 12.4. The molecule has 2 rings (SSSR count). The molecule has 110 valence electrons. The van der Waals surface area contributed by atoms with Crippen LogP contribution in [-0.2, 0) is 6.54 Å². The van der Waals surface area contributed by atoms with Gasteiger partial charge in [-0.2, -0.15) is 0 Å². The number of nitrogens with zero attached hydrogens (tertiary/aromatic N) is 2. The van der Waals surface area contributed by atoms with Gasteiger partial charge in [-0.1, -0.05) is 0 Å². The van der Waals surface area contributed by atoms with Crippen molar-refractivity contribution in [1.82, 2.24) is 10.3 Å². The third-order valence-electron chi connectivity index (χ3n) is 2.79. The van der Waals surface area contributed by atoms with Crippen LogP contribution in [0.25, 0.3) is 0 Å². The van der Waals surface area contributed by atoms with Gasteiger partial charge in [0.05, 0.1) is 11.5 Å². The van der Waals surface area contributed by atoms with Gasteiger partial charge in [-0.15, -0.1) is 11.3 Å². The highest BCUT2D eigenvalue weighted by atomic mass is 32.1. The van der Waals surface area contributed by atoms with E-state index < -0.39 is 10.8 Å². The van der Waals surface area contributed by atoms with Gasteiger partial charge >= 0.3 is 0 Å². The summed E-state index contributed by atoms with van der Waals surface area (Å²) < 4.78 is 0. The number of anilines is 1. The Morgan fingerprint density at radius 1 is 1.48 bits per heavy atom. The first-order valence-electron chi connectivity index (χ1n) is 6.16. The van der Waals surface area contributed by atoms with Crippen molar-refractivity contribution in [2.45, 2.75) is 13.5 Å². The molecule has 21 heavy (non-hydrogen) atoms. The molecule has 0 aliphatic rings. The first-order valence-corrected chi connectivity index (χ1v) is 7.04. The number of hydrogen-bond acceptors (Lipinski definition) is 6. The summed E-state index contributed by atoms with van der Waals surface area (Å²) in [5, 5.41) is 19.1. The Balaban J connectivity index is 2.19. The number of carbonyl (C=O) groups excluding carboxylic acids is 1. The average Bonchev–Trinajstić information content (AvgIpc) is 2.89. The van der Waals surface area contributed by atoms with Gasteiger partial charge in [-0.25, -0.2) is 4.98 Å². The second-order valence-corrected chi connectivity index (χ2v) is 5.25. The van der Waals surface area contributed by atoms with Crippen LogP contribution in [0.15, 0.2) is 23.6 Å². The minimum atomic E-state index is -0.568. The summed E-state index contributed by atoms with van der Waals surface area (Å²) >= 11 is 1.43. The molecule has 0 bridgehead atoms. The predicted octanol–water partition coefficient (Wildman–Crippen LogP) is 2.33. The number of thiazole rings is 1. The van der Waals surface area contributed by atoms with E-state index in [1.165, 1.54) is 23.5 Å². The van der Waals surface area contributed by atoms with Gasteiger partial charge in [0.15, 0.2) is 0 Å². The summed E-state index contributed by atoms with van der Waals surface area (Å²) in [6.07, 6.45) is 0. The van der Waals surface area contributed by atoms with Crippen molar-refractivity contribution < 1.29 is 9.72 Å². The molecule has 0 saturated heterocycles. The summed E-state index contributed by atoms with van der Waals surface area (Å²) in [5.74, 6) is -0.494. The standard InChI is InChI=1S/C13H14N4O3S/c1-8-7-21-12(16-8)6-15-13(18)10-5-9(14-2)3-4-11(10)17(19)20/h3-5,7,14H,6H2,1-2H3,(H,15,18). The number of hydrogen-bond donors (Lipinski definition) is 2. The molecule has 1 heterocycles. The second kappa shape index (κ2) is 6.31. The van der Waals surface area contributed by atoms with E-state index in [0.717, 1.165) is 10.7 Å². The monoisotopic (exact) mass is 306 g/mol. The van der Waals surface area contributed by atoms with Gasteiger partial charge < -0.3 is 10.6 Å². The van der Waals surface area contributed by atoms with Crippen LogP contribution in [-0.4, -0.2) is 22.9 Å². The maximum atomic E-state index is 12.2. The Kier molecular flexibility index (Phi) is 4.49. The fraction of sp³-hybridized carbons (Fsp3) is 0.231. The van der Waals surface area contributed by atoms with Crippen molar-refractivity contribution in [3.05, 3.63) is 50.0 Å². The van der Waals surface area contributed by atoms with Gasteiger partial charge in [0.2, 0.25) is 0 Å². The lowest BCUT2D eigenvalue weighted by molar-refractivity contribution is -0.385. The topological polar surface area (TPSA) is 97.2 Å². The molecule has 1 aromatic heterocycles. The summed E-state index contributed by atoms with van der Waals surface area (Å²) in [4.78, 5) is 26.8. The molecule has 0 atom stereocenters. The molecule has 0 aliphatic carbocycles. The van der Waals surface area contributed by atoms with Crippen molar-refractivity contribution in [2.75, 3.05) is 12.4 Å². The lowest BCUT2D eigenvalue weighted by Gasteiger charge is -2.06. The molecule has 1 aromatic carbocycles.